The Morgan fingerprint density at radius 1 is 1.05 bits per heavy atom. The lowest BCUT2D eigenvalue weighted by molar-refractivity contribution is -0.138. The highest BCUT2D eigenvalue weighted by Crippen LogP contribution is 2.59. The molecule has 3 amide bonds. The summed E-state index contributed by atoms with van der Waals surface area (Å²) in [5, 5.41) is 2.82. The Morgan fingerprint density at radius 2 is 1.72 bits per heavy atom. The van der Waals surface area contributed by atoms with E-state index >= 15 is 0 Å². The highest BCUT2D eigenvalue weighted by atomic mass is 19.4. The summed E-state index contributed by atoms with van der Waals surface area (Å²) < 4.78 is 38.9. The first-order valence-electron chi connectivity index (χ1n) is 14.5. The third kappa shape index (κ3) is 6.13. The predicted octanol–water partition coefficient (Wildman–Crippen LogP) is 5.87. The number of halogens is 3. The van der Waals surface area contributed by atoms with E-state index in [0.717, 1.165) is 76.8 Å². The van der Waals surface area contributed by atoms with Gasteiger partial charge in [-0.1, -0.05) is 38.3 Å². The van der Waals surface area contributed by atoms with Crippen molar-refractivity contribution in [3.8, 4) is 0 Å². The molecule has 4 aliphatic carbocycles. The van der Waals surface area contributed by atoms with Gasteiger partial charge in [0.25, 0.3) is 0 Å². The standard InChI is InChI=1S/C30H41F3N4O2/c1-29(2)24-8-7-22(26(29)19-24)20-37(28(39)34-25-11-9-23(10-12-25)30(31,32)33)18-15-35-13-16-36(17-14-35)27(38)21-5-3-4-6-21/h7,9-12,21,24,26H,3-6,8,13-20H2,1-2H3,(H,34,39). The third-order valence-electron chi connectivity index (χ3n) is 9.78. The van der Waals surface area contributed by atoms with Crippen LogP contribution >= 0.6 is 0 Å². The fourth-order valence-corrected chi connectivity index (χ4v) is 6.96. The molecule has 2 bridgehead atoms. The van der Waals surface area contributed by atoms with Crippen LogP contribution in [0.2, 0.25) is 0 Å². The minimum Gasteiger partial charge on any atom is -0.340 e. The molecular weight excluding hydrogens is 505 g/mol. The molecule has 1 heterocycles. The van der Waals surface area contributed by atoms with Crippen molar-refractivity contribution in [1.29, 1.82) is 0 Å². The molecule has 0 aromatic heterocycles. The number of carbonyl (C=O) groups is 2. The maximum absolute atomic E-state index is 13.4. The number of alkyl halides is 3. The van der Waals surface area contributed by atoms with E-state index in [4.69, 9.17) is 0 Å². The second-order valence-corrected chi connectivity index (χ2v) is 12.4. The van der Waals surface area contributed by atoms with Gasteiger partial charge in [-0.25, -0.2) is 4.79 Å². The summed E-state index contributed by atoms with van der Waals surface area (Å²) in [6, 6.07) is 4.29. The van der Waals surface area contributed by atoms with Crippen LogP contribution in [0.15, 0.2) is 35.9 Å². The summed E-state index contributed by atoms with van der Waals surface area (Å²) >= 11 is 0. The first kappa shape index (κ1) is 28.0. The van der Waals surface area contributed by atoms with Crippen molar-refractivity contribution >= 4 is 17.6 Å². The number of piperazine rings is 1. The number of nitrogens with one attached hydrogen (secondary N) is 1. The Morgan fingerprint density at radius 3 is 2.31 bits per heavy atom. The van der Waals surface area contributed by atoms with Crippen LogP contribution in [-0.4, -0.2) is 72.5 Å². The number of hydrogen-bond acceptors (Lipinski definition) is 3. The molecule has 2 saturated carbocycles. The fraction of sp³-hybridized carbons (Fsp3) is 0.667. The molecular formula is C30H41F3N4O2. The predicted molar refractivity (Wildman–Crippen MR) is 145 cm³/mol. The molecule has 39 heavy (non-hydrogen) atoms. The van der Waals surface area contributed by atoms with E-state index in [1.165, 1.54) is 17.7 Å². The number of rotatable bonds is 7. The highest BCUT2D eigenvalue weighted by molar-refractivity contribution is 5.89. The number of fused-ring (bicyclic) bond motifs is 1. The summed E-state index contributed by atoms with van der Waals surface area (Å²) in [5.41, 5.74) is 1.13. The van der Waals surface area contributed by atoms with Gasteiger partial charge in [0.05, 0.1) is 5.56 Å². The molecule has 0 spiro atoms. The van der Waals surface area contributed by atoms with Crippen LogP contribution in [0, 0.1) is 23.2 Å². The second kappa shape index (κ2) is 11.1. The number of allylic oxidation sites excluding steroid dienone is 1. The smallest absolute Gasteiger partial charge is 0.340 e. The van der Waals surface area contributed by atoms with Crippen molar-refractivity contribution in [2.24, 2.45) is 23.2 Å². The van der Waals surface area contributed by atoms with Crippen molar-refractivity contribution < 1.29 is 22.8 Å². The van der Waals surface area contributed by atoms with Crippen LogP contribution in [0.5, 0.6) is 0 Å². The molecule has 5 aliphatic rings. The van der Waals surface area contributed by atoms with Gasteiger partial charge in [0.1, 0.15) is 0 Å². The number of anilines is 1. The van der Waals surface area contributed by atoms with Gasteiger partial charge in [0, 0.05) is 57.4 Å². The van der Waals surface area contributed by atoms with E-state index in [9.17, 15) is 22.8 Å². The Kier molecular flexibility index (Phi) is 8.00. The molecule has 2 unspecified atom stereocenters. The Balaban J connectivity index is 1.20. The van der Waals surface area contributed by atoms with Crippen LogP contribution < -0.4 is 5.32 Å². The van der Waals surface area contributed by atoms with Crippen molar-refractivity contribution in [2.45, 2.75) is 58.5 Å². The molecule has 1 aromatic carbocycles. The largest absolute Gasteiger partial charge is 0.416 e. The molecule has 6 rings (SSSR count). The molecule has 6 nitrogen and oxygen atoms in total. The first-order valence-corrected chi connectivity index (χ1v) is 14.5. The van der Waals surface area contributed by atoms with Crippen LogP contribution in [0.3, 0.4) is 0 Å². The number of hydrogen-bond donors (Lipinski definition) is 1. The van der Waals surface area contributed by atoms with Gasteiger partial charge in [-0.3, -0.25) is 9.69 Å². The average Bonchev–Trinajstić information content (AvgIpc) is 3.46. The van der Waals surface area contributed by atoms with Crippen molar-refractivity contribution in [2.75, 3.05) is 51.1 Å². The number of benzene rings is 1. The first-order chi connectivity index (χ1) is 18.5. The SMILES string of the molecule is CC1(C)C2CC=C(CN(CCN3CCN(C(=O)C4CCCC4)CC3)C(=O)Nc3ccc(C(F)(F)F)cc3)C1C2. The molecule has 1 N–H and O–H groups in total. The summed E-state index contributed by atoms with van der Waals surface area (Å²) in [6.45, 7) is 9.33. The van der Waals surface area contributed by atoms with E-state index in [1.54, 1.807) is 4.90 Å². The van der Waals surface area contributed by atoms with Crippen molar-refractivity contribution in [1.82, 2.24) is 14.7 Å². The average molecular weight is 547 g/mol. The van der Waals surface area contributed by atoms with E-state index in [0.29, 0.717) is 43.1 Å². The molecule has 1 saturated heterocycles. The normalized spacial score (nSPS) is 25.2. The quantitative estimate of drug-likeness (QED) is 0.436. The zero-order chi connectivity index (χ0) is 27.8. The van der Waals surface area contributed by atoms with Gasteiger partial charge >= 0.3 is 12.2 Å². The van der Waals surface area contributed by atoms with Gasteiger partial charge in [-0.15, -0.1) is 0 Å². The van der Waals surface area contributed by atoms with Gasteiger partial charge in [0.15, 0.2) is 0 Å². The van der Waals surface area contributed by atoms with Gasteiger partial charge in [-0.2, -0.15) is 13.2 Å². The molecule has 1 aromatic rings. The maximum Gasteiger partial charge on any atom is 0.416 e. The minimum atomic E-state index is -4.42. The number of carbonyl (C=O) groups excluding carboxylic acids is 2. The van der Waals surface area contributed by atoms with Crippen molar-refractivity contribution in [3.05, 3.63) is 41.5 Å². The molecule has 3 fully saturated rings. The zero-order valence-corrected chi connectivity index (χ0v) is 23.1. The third-order valence-corrected chi connectivity index (χ3v) is 9.78. The minimum absolute atomic E-state index is 0.194. The summed E-state index contributed by atoms with van der Waals surface area (Å²) in [4.78, 5) is 32.3. The Labute approximate surface area is 229 Å². The summed E-state index contributed by atoms with van der Waals surface area (Å²) in [7, 11) is 0. The van der Waals surface area contributed by atoms with E-state index in [2.05, 4.69) is 30.1 Å². The number of nitrogens with zero attached hydrogens (tertiary/aromatic N) is 3. The van der Waals surface area contributed by atoms with Gasteiger partial charge in [-0.05, 0) is 67.2 Å². The second-order valence-electron chi connectivity index (χ2n) is 12.4. The molecule has 2 atom stereocenters. The molecule has 9 heteroatoms. The Bertz CT molecular complexity index is 1070. The number of urea groups is 1. The maximum atomic E-state index is 13.4. The fourth-order valence-electron chi connectivity index (χ4n) is 6.96. The van der Waals surface area contributed by atoms with Gasteiger partial charge in [0.2, 0.25) is 5.91 Å². The summed E-state index contributed by atoms with van der Waals surface area (Å²) in [5.74, 6) is 1.65. The monoisotopic (exact) mass is 546 g/mol. The van der Waals surface area contributed by atoms with E-state index < -0.39 is 11.7 Å². The molecule has 1 aliphatic heterocycles. The lowest BCUT2D eigenvalue weighted by Crippen LogP contribution is -2.53. The Hall–Kier alpha value is -2.55. The van der Waals surface area contributed by atoms with Crippen molar-refractivity contribution in [3.63, 3.8) is 0 Å². The van der Waals surface area contributed by atoms with Crippen LogP contribution in [0.25, 0.3) is 0 Å². The highest BCUT2D eigenvalue weighted by Gasteiger charge is 2.51. The number of amides is 3. The zero-order valence-electron chi connectivity index (χ0n) is 23.1. The lowest BCUT2D eigenvalue weighted by Gasteiger charge is -2.57. The van der Waals surface area contributed by atoms with E-state index in [-0.39, 0.29) is 17.4 Å². The topological polar surface area (TPSA) is 55.9 Å². The molecule has 0 radical (unpaired) electrons. The van der Waals surface area contributed by atoms with Crippen LogP contribution in [0.1, 0.15) is 57.9 Å². The van der Waals surface area contributed by atoms with Gasteiger partial charge < -0.3 is 15.1 Å². The summed E-state index contributed by atoms with van der Waals surface area (Å²) in [6.07, 6.45) is 4.38. The van der Waals surface area contributed by atoms with Crippen LogP contribution in [-0.2, 0) is 11.0 Å². The van der Waals surface area contributed by atoms with Crippen LogP contribution in [0.4, 0.5) is 23.7 Å². The molecule has 214 valence electrons. The van der Waals surface area contributed by atoms with E-state index in [1.807, 2.05) is 4.90 Å². The lowest BCUT2D eigenvalue weighted by atomic mass is 9.49.